The first kappa shape index (κ1) is 20.5. The zero-order valence-electron chi connectivity index (χ0n) is 15.9. The molecule has 1 N–H and O–H groups in total. The van der Waals surface area contributed by atoms with Crippen LogP contribution in [0.2, 0.25) is 0 Å². The number of amides is 1. The molecule has 0 fully saturated rings. The summed E-state index contributed by atoms with van der Waals surface area (Å²) in [6.07, 6.45) is 0.679. The smallest absolute Gasteiger partial charge is 0.256 e. The van der Waals surface area contributed by atoms with Gasteiger partial charge in [-0.25, -0.2) is 0 Å². The van der Waals surface area contributed by atoms with Gasteiger partial charge in [0, 0.05) is 18.8 Å². The number of hydrogen-bond donors (Lipinski definition) is 1. The van der Waals surface area contributed by atoms with Crippen LogP contribution in [0.1, 0.15) is 34.1 Å². The highest BCUT2D eigenvalue weighted by atomic mass is 16.5. The van der Waals surface area contributed by atoms with Gasteiger partial charge in [-0.1, -0.05) is 13.8 Å². The highest BCUT2D eigenvalue weighted by Gasteiger charge is 2.34. The molecule has 0 spiro atoms. The lowest BCUT2D eigenvalue weighted by molar-refractivity contribution is -0.140. The lowest BCUT2D eigenvalue weighted by Gasteiger charge is -2.29. The van der Waals surface area contributed by atoms with E-state index < -0.39 is 5.60 Å². The first-order valence-corrected chi connectivity index (χ1v) is 8.60. The zero-order chi connectivity index (χ0) is 18.2. The van der Waals surface area contributed by atoms with Gasteiger partial charge in [0.05, 0.1) is 0 Å². The zero-order valence-corrected chi connectivity index (χ0v) is 15.9. The second kappa shape index (κ2) is 9.64. The van der Waals surface area contributed by atoms with Crippen LogP contribution in [0.15, 0.2) is 24.3 Å². The van der Waals surface area contributed by atoms with Gasteiger partial charge in [0.15, 0.2) is 0 Å². The van der Waals surface area contributed by atoms with E-state index in [4.69, 9.17) is 9.47 Å². The molecule has 1 atom stereocenters. The van der Waals surface area contributed by atoms with Gasteiger partial charge in [0.2, 0.25) is 0 Å². The van der Waals surface area contributed by atoms with E-state index in [0.29, 0.717) is 25.6 Å². The van der Waals surface area contributed by atoms with Gasteiger partial charge in [0.25, 0.3) is 5.91 Å². The normalized spacial score (nSPS) is 13.8. The monoisotopic (exact) mass is 336 g/mol. The highest BCUT2D eigenvalue weighted by molar-refractivity contribution is 5.97. The molecule has 0 saturated heterocycles. The third kappa shape index (κ3) is 6.89. The standard InChI is InChI=1S/C19H32N2O3/c1-7-24-19(4,14-15(2)3)18(22)20-16-8-10-17(11-9-16)23-13-12-21(5)6/h8-11,15H,7,12-14H2,1-6H3,(H,20,22)/t19-/m0/s1. The van der Waals surface area contributed by atoms with Crippen molar-refractivity contribution in [1.82, 2.24) is 4.90 Å². The molecule has 24 heavy (non-hydrogen) atoms. The minimum absolute atomic E-state index is 0.112. The molecule has 0 heterocycles. The molecular weight excluding hydrogens is 304 g/mol. The average Bonchev–Trinajstić information content (AvgIpc) is 2.48. The van der Waals surface area contributed by atoms with Crippen molar-refractivity contribution in [3.8, 4) is 5.75 Å². The molecule has 1 aromatic rings. The van der Waals surface area contributed by atoms with Crippen LogP contribution in [0.5, 0.6) is 5.75 Å². The number of anilines is 1. The van der Waals surface area contributed by atoms with Crippen LogP contribution in [-0.4, -0.2) is 50.3 Å². The summed E-state index contributed by atoms with van der Waals surface area (Å²) >= 11 is 0. The van der Waals surface area contributed by atoms with Crippen molar-refractivity contribution in [2.24, 2.45) is 5.92 Å². The molecular formula is C19H32N2O3. The second-order valence-corrected chi connectivity index (χ2v) is 6.89. The molecule has 1 amide bonds. The fraction of sp³-hybridized carbons (Fsp3) is 0.632. The first-order chi connectivity index (χ1) is 11.3. The summed E-state index contributed by atoms with van der Waals surface area (Å²) in [6, 6.07) is 7.44. The van der Waals surface area contributed by atoms with Crippen LogP contribution < -0.4 is 10.1 Å². The maximum atomic E-state index is 12.6. The largest absolute Gasteiger partial charge is 0.492 e. The molecule has 0 aliphatic carbocycles. The van der Waals surface area contributed by atoms with Crippen LogP contribution in [0.4, 0.5) is 5.69 Å². The Morgan fingerprint density at radius 1 is 1.25 bits per heavy atom. The Morgan fingerprint density at radius 2 is 1.88 bits per heavy atom. The number of carbonyl (C=O) groups is 1. The quantitative estimate of drug-likeness (QED) is 0.711. The number of carbonyl (C=O) groups excluding carboxylic acids is 1. The molecule has 0 bridgehead atoms. The van der Waals surface area contributed by atoms with E-state index in [9.17, 15) is 4.79 Å². The maximum absolute atomic E-state index is 12.6. The molecule has 0 aromatic heterocycles. The van der Waals surface area contributed by atoms with Crippen molar-refractivity contribution in [2.45, 2.75) is 39.7 Å². The van der Waals surface area contributed by atoms with E-state index >= 15 is 0 Å². The Bertz CT molecular complexity index is 500. The number of rotatable bonds is 10. The van der Waals surface area contributed by atoms with Crippen molar-refractivity contribution in [3.05, 3.63) is 24.3 Å². The SMILES string of the molecule is CCO[C@@](C)(CC(C)C)C(=O)Nc1ccc(OCCN(C)C)cc1. The van der Waals surface area contributed by atoms with Crippen molar-refractivity contribution in [2.75, 3.05) is 39.2 Å². The summed E-state index contributed by atoms with van der Waals surface area (Å²) in [7, 11) is 4.02. The minimum Gasteiger partial charge on any atom is -0.492 e. The minimum atomic E-state index is -0.816. The van der Waals surface area contributed by atoms with E-state index in [1.807, 2.05) is 52.2 Å². The molecule has 5 nitrogen and oxygen atoms in total. The van der Waals surface area contributed by atoms with Gasteiger partial charge in [-0.3, -0.25) is 4.79 Å². The van der Waals surface area contributed by atoms with Crippen molar-refractivity contribution >= 4 is 11.6 Å². The number of hydrogen-bond acceptors (Lipinski definition) is 4. The number of nitrogens with one attached hydrogen (secondary N) is 1. The maximum Gasteiger partial charge on any atom is 0.256 e. The van der Waals surface area contributed by atoms with Crippen molar-refractivity contribution in [3.63, 3.8) is 0 Å². The van der Waals surface area contributed by atoms with Crippen LogP contribution in [0, 0.1) is 5.92 Å². The van der Waals surface area contributed by atoms with Gasteiger partial charge in [0.1, 0.15) is 18.0 Å². The number of benzene rings is 1. The molecule has 0 saturated carbocycles. The first-order valence-electron chi connectivity index (χ1n) is 8.60. The summed E-state index contributed by atoms with van der Waals surface area (Å²) < 4.78 is 11.4. The molecule has 0 aliphatic heterocycles. The van der Waals surface area contributed by atoms with Gasteiger partial charge in [-0.2, -0.15) is 0 Å². The second-order valence-electron chi connectivity index (χ2n) is 6.89. The molecule has 0 aliphatic rings. The molecule has 136 valence electrons. The molecule has 0 unspecified atom stereocenters. The Hall–Kier alpha value is -1.59. The van der Waals surface area contributed by atoms with Crippen molar-refractivity contribution in [1.29, 1.82) is 0 Å². The summed E-state index contributed by atoms with van der Waals surface area (Å²) in [6.45, 7) is 9.94. The number of nitrogens with zero attached hydrogens (tertiary/aromatic N) is 1. The third-order valence-corrected chi connectivity index (χ3v) is 3.66. The fourth-order valence-electron chi connectivity index (χ4n) is 2.56. The number of ether oxygens (including phenoxy) is 2. The third-order valence-electron chi connectivity index (χ3n) is 3.66. The molecule has 0 radical (unpaired) electrons. The summed E-state index contributed by atoms with van der Waals surface area (Å²) in [4.78, 5) is 14.7. The lowest BCUT2D eigenvalue weighted by atomic mass is 9.93. The predicted molar refractivity (Wildman–Crippen MR) is 98.6 cm³/mol. The van der Waals surface area contributed by atoms with Crippen LogP contribution in [0.3, 0.4) is 0 Å². The average molecular weight is 336 g/mol. The molecule has 5 heteroatoms. The van der Waals surface area contributed by atoms with Crippen LogP contribution in [0.25, 0.3) is 0 Å². The summed E-state index contributed by atoms with van der Waals surface area (Å²) in [5.41, 5.74) is -0.0706. The highest BCUT2D eigenvalue weighted by Crippen LogP contribution is 2.24. The van der Waals surface area contributed by atoms with E-state index in [-0.39, 0.29) is 5.91 Å². The summed E-state index contributed by atoms with van der Waals surface area (Å²) in [5, 5.41) is 2.95. The topological polar surface area (TPSA) is 50.8 Å². The Kier molecular flexibility index (Phi) is 8.22. The van der Waals surface area contributed by atoms with Crippen LogP contribution in [-0.2, 0) is 9.53 Å². The fourth-order valence-corrected chi connectivity index (χ4v) is 2.56. The van der Waals surface area contributed by atoms with Crippen molar-refractivity contribution < 1.29 is 14.3 Å². The summed E-state index contributed by atoms with van der Waals surface area (Å²) in [5.74, 6) is 1.06. The Labute approximate surface area is 146 Å². The molecule has 1 rings (SSSR count). The lowest BCUT2D eigenvalue weighted by Crippen LogP contribution is -2.43. The number of likely N-dealkylation sites (N-methyl/N-ethyl adjacent to an activating group) is 1. The van der Waals surface area contributed by atoms with Gasteiger partial charge >= 0.3 is 0 Å². The predicted octanol–water partition coefficient (Wildman–Crippen LogP) is 3.41. The van der Waals surface area contributed by atoms with E-state index in [1.54, 1.807) is 0 Å². The van der Waals surface area contributed by atoms with Crippen LogP contribution >= 0.6 is 0 Å². The van der Waals surface area contributed by atoms with E-state index in [1.165, 1.54) is 0 Å². The van der Waals surface area contributed by atoms with Gasteiger partial charge < -0.3 is 19.7 Å². The Morgan fingerprint density at radius 3 is 2.38 bits per heavy atom. The molecule has 1 aromatic carbocycles. The Balaban J connectivity index is 2.65. The van der Waals surface area contributed by atoms with Gasteiger partial charge in [-0.15, -0.1) is 0 Å². The van der Waals surface area contributed by atoms with E-state index in [2.05, 4.69) is 24.1 Å². The van der Waals surface area contributed by atoms with Gasteiger partial charge in [-0.05, 0) is 64.5 Å². The van der Waals surface area contributed by atoms with E-state index in [0.717, 1.165) is 18.0 Å².